The molecule has 0 N–H and O–H groups in total. The van der Waals surface area contributed by atoms with E-state index in [-0.39, 0.29) is 6.42 Å². The van der Waals surface area contributed by atoms with Gasteiger partial charge >= 0.3 is 0 Å². The van der Waals surface area contributed by atoms with Crippen molar-refractivity contribution < 1.29 is 13.9 Å². The van der Waals surface area contributed by atoms with Gasteiger partial charge in [0.2, 0.25) is 0 Å². The van der Waals surface area contributed by atoms with Crippen LogP contribution in [0.2, 0.25) is 0 Å². The molecule has 0 saturated carbocycles. The summed E-state index contributed by atoms with van der Waals surface area (Å²) in [7, 11) is 2.99. The molecule has 0 fully saturated rings. The van der Waals surface area contributed by atoms with Gasteiger partial charge in [0.15, 0.2) is 0 Å². The number of ether oxygens (including phenoxy) is 2. The third kappa shape index (κ3) is 2.88. The van der Waals surface area contributed by atoms with Crippen molar-refractivity contribution >= 4 is 0 Å². The number of alkyl halides is 1. The van der Waals surface area contributed by atoms with Crippen LogP contribution in [-0.2, 0) is 12.1 Å². The van der Waals surface area contributed by atoms with E-state index in [1.165, 1.54) is 28.1 Å². The number of benzene rings is 1. The van der Waals surface area contributed by atoms with Crippen LogP contribution in [0.3, 0.4) is 0 Å². The van der Waals surface area contributed by atoms with Gasteiger partial charge in [-0.1, -0.05) is 0 Å². The van der Waals surface area contributed by atoms with E-state index < -0.39 is 5.67 Å². The Kier molecular flexibility index (Phi) is 3.95. The molecule has 0 aliphatic heterocycles. The number of rotatable bonds is 4. The van der Waals surface area contributed by atoms with E-state index in [0.29, 0.717) is 22.6 Å². The number of nitriles is 1. The lowest BCUT2D eigenvalue weighted by atomic mass is 9.95. The summed E-state index contributed by atoms with van der Waals surface area (Å²) in [6.07, 6.45) is 0.177. The summed E-state index contributed by atoms with van der Waals surface area (Å²) in [4.78, 5) is 0. The summed E-state index contributed by atoms with van der Waals surface area (Å²) in [6, 6.07) is 5.27. The molecule has 1 aromatic rings. The molecule has 0 heterocycles. The van der Waals surface area contributed by atoms with Crippen LogP contribution in [0.1, 0.15) is 25.0 Å². The highest BCUT2D eigenvalue weighted by atomic mass is 19.1. The third-order valence-corrected chi connectivity index (χ3v) is 2.51. The second kappa shape index (κ2) is 5.05. The lowest BCUT2D eigenvalue weighted by Gasteiger charge is -2.20. The topological polar surface area (TPSA) is 42.2 Å². The third-order valence-electron chi connectivity index (χ3n) is 2.51. The van der Waals surface area contributed by atoms with Crippen molar-refractivity contribution in [2.24, 2.45) is 0 Å². The summed E-state index contributed by atoms with van der Waals surface area (Å²) >= 11 is 0. The maximum Gasteiger partial charge on any atom is 0.134 e. The highest BCUT2D eigenvalue weighted by Gasteiger charge is 2.25. The van der Waals surface area contributed by atoms with Gasteiger partial charge < -0.3 is 9.47 Å². The van der Waals surface area contributed by atoms with Crippen LogP contribution < -0.4 is 9.47 Å². The lowest BCUT2D eigenvalue weighted by Crippen LogP contribution is -2.12. The first-order chi connectivity index (χ1) is 7.93. The van der Waals surface area contributed by atoms with Crippen molar-refractivity contribution in [1.82, 2.24) is 0 Å². The summed E-state index contributed by atoms with van der Waals surface area (Å²) in [5, 5.41) is 8.73. The maximum absolute atomic E-state index is 14.0. The molecule has 0 saturated heterocycles. The highest BCUT2D eigenvalue weighted by Crippen LogP contribution is 2.37. The number of halogens is 1. The average Bonchev–Trinajstić information content (AvgIpc) is 2.27. The molecule has 4 heteroatoms. The normalized spacial score (nSPS) is 10.8. The summed E-state index contributed by atoms with van der Waals surface area (Å²) in [5.41, 5.74) is -0.440. The molecule has 3 nitrogen and oxygen atoms in total. The fourth-order valence-electron chi connectivity index (χ4n) is 1.65. The predicted octanol–water partition coefficient (Wildman–Crippen LogP) is 2.97. The van der Waals surface area contributed by atoms with Gasteiger partial charge in [0.25, 0.3) is 0 Å². The number of hydrogen-bond donors (Lipinski definition) is 0. The van der Waals surface area contributed by atoms with E-state index in [1.807, 2.05) is 6.07 Å². The van der Waals surface area contributed by atoms with Crippen LogP contribution in [0, 0.1) is 11.3 Å². The van der Waals surface area contributed by atoms with Gasteiger partial charge in [-0.05, 0) is 19.9 Å². The zero-order valence-corrected chi connectivity index (χ0v) is 10.5. The second-order valence-corrected chi connectivity index (χ2v) is 4.17. The van der Waals surface area contributed by atoms with Crippen molar-refractivity contribution in [2.45, 2.75) is 25.9 Å². The van der Waals surface area contributed by atoms with E-state index in [9.17, 15) is 4.39 Å². The molecule has 0 amide bonds. The maximum atomic E-state index is 14.0. The minimum Gasteiger partial charge on any atom is -0.496 e. The Bertz CT molecular complexity index is 444. The molecule has 0 atom stereocenters. The zero-order chi connectivity index (χ0) is 13.1. The Labute approximate surface area is 101 Å². The Morgan fingerprint density at radius 3 is 2.24 bits per heavy atom. The van der Waals surface area contributed by atoms with Crippen molar-refractivity contribution in [3.8, 4) is 17.6 Å². The summed E-state index contributed by atoms with van der Waals surface area (Å²) < 4.78 is 24.3. The Hall–Kier alpha value is -1.76. The molecule has 0 bridgehead atoms. The van der Waals surface area contributed by atoms with Crippen LogP contribution in [0.4, 0.5) is 4.39 Å². The Balaban J connectivity index is 3.40. The van der Waals surface area contributed by atoms with Gasteiger partial charge in [-0.15, -0.1) is 0 Å². The van der Waals surface area contributed by atoms with E-state index in [4.69, 9.17) is 14.7 Å². The van der Waals surface area contributed by atoms with Crippen LogP contribution >= 0.6 is 0 Å². The standard InChI is InChI=1S/C13H16FNO2/c1-13(2,14)10-7-9(5-6-15)11(16-3)8-12(10)17-4/h7-8H,5H2,1-4H3. The number of methoxy groups -OCH3 is 2. The van der Waals surface area contributed by atoms with Gasteiger partial charge in [0.05, 0.1) is 26.7 Å². The molecule has 0 aliphatic carbocycles. The van der Waals surface area contributed by atoms with Gasteiger partial charge in [0, 0.05) is 17.2 Å². The van der Waals surface area contributed by atoms with Crippen LogP contribution in [0.25, 0.3) is 0 Å². The molecule has 0 aliphatic rings. The smallest absolute Gasteiger partial charge is 0.134 e. The van der Waals surface area contributed by atoms with Crippen molar-refractivity contribution in [3.63, 3.8) is 0 Å². The fourth-order valence-corrected chi connectivity index (χ4v) is 1.65. The first-order valence-electron chi connectivity index (χ1n) is 5.25. The minimum atomic E-state index is -1.53. The zero-order valence-electron chi connectivity index (χ0n) is 10.5. The molecule has 0 spiro atoms. The Morgan fingerprint density at radius 2 is 1.82 bits per heavy atom. The molecule has 1 aromatic carbocycles. The first-order valence-corrected chi connectivity index (χ1v) is 5.25. The SMILES string of the molecule is COc1cc(OC)c(C(C)(C)F)cc1CC#N. The van der Waals surface area contributed by atoms with Gasteiger partial charge in [-0.2, -0.15) is 5.26 Å². The van der Waals surface area contributed by atoms with E-state index in [1.54, 1.807) is 12.1 Å². The summed E-state index contributed by atoms with van der Waals surface area (Å²) in [5.74, 6) is 0.965. The Morgan fingerprint density at radius 1 is 1.24 bits per heavy atom. The molecule has 0 aromatic heterocycles. The lowest BCUT2D eigenvalue weighted by molar-refractivity contribution is 0.213. The number of nitrogens with zero attached hydrogens (tertiary/aromatic N) is 1. The average molecular weight is 237 g/mol. The molecule has 0 unspecified atom stereocenters. The molecule has 1 rings (SSSR count). The van der Waals surface area contributed by atoms with Crippen LogP contribution in [0.5, 0.6) is 11.5 Å². The van der Waals surface area contributed by atoms with Crippen molar-refractivity contribution in [2.75, 3.05) is 14.2 Å². The second-order valence-electron chi connectivity index (χ2n) is 4.17. The van der Waals surface area contributed by atoms with Gasteiger partial charge in [-0.3, -0.25) is 0 Å². The predicted molar refractivity (Wildman–Crippen MR) is 63.0 cm³/mol. The monoisotopic (exact) mass is 237 g/mol. The van der Waals surface area contributed by atoms with Crippen molar-refractivity contribution in [3.05, 3.63) is 23.3 Å². The van der Waals surface area contributed by atoms with Gasteiger partial charge in [0.1, 0.15) is 17.2 Å². The van der Waals surface area contributed by atoms with Crippen LogP contribution in [-0.4, -0.2) is 14.2 Å². The van der Waals surface area contributed by atoms with Crippen LogP contribution in [0.15, 0.2) is 12.1 Å². The van der Waals surface area contributed by atoms with E-state index >= 15 is 0 Å². The van der Waals surface area contributed by atoms with Crippen molar-refractivity contribution in [1.29, 1.82) is 5.26 Å². The fraction of sp³-hybridized carbons (Fsp3) is 0.462. The minimum absolute atomic E-state index is 0.177. The molecule has 17 heavy (non-hydrogen) atoms. The molecule has 92 valence electrons. The highest BCUT2D eigenvalue weighted by molar-refractivity contribution is 5.49. The van der Waals surface area contributed by atoms with E-state index in [2.05, 4.69) is 0 Å². The molecular formula is C13H16FNO2. The first kappa shape index (κ1) is 13.3. The molecule has 0 radical (unpaired) electrons. The number of hydrogen-bond acceptors (Lipinski definition) is 3. The quantitative estimate of drug-likeness (QED) is 0.808. The van der Waals surface area contributed by atoms with E-state index in [0.717, 1.165) is 0 Å². The molecular weight excluding hydrogens is 221 g/mol. The summed E-state index contributed by atoms with van der Waals surface area (Å²) in [6.45, 7) is 2.90. The largest absolute Gasteiger partial charge is 0.496 e. The van der Waals surface area contributed by atoms with Gasteiger partial charge in [-0.25, -0.2) is 4.39 Å².